The number of carboxylic acids is 1. The van der Waals surface area contributed by atoms with Crippen molar-refractivity contribution in [3.05, 3.63) is 28.1 Å². The number of hydrogen-bond acceptors (Lipinski definition) is 5. The summed E-state index contributed by atoms with van der Waals surface area (Å²) in [4.78, 5) is 23.6. The second-order valence-corrected chi connectivity index (χ2v) is 2.27. The van der Waals surface area contributed by atoms with Crippen LogP contribution in [-0.2, 0) is 0 Å². The van der Waals surface area contributed by atoms with E-state index in [4.69, 9.17) is 5.11 Å². The minimum absolute atomic E-state index is 0.123. The number of carboxylic acid groups (broad SMARTS) is 1. The molecule has 0 saturated heterocycles. The SMILES string of the molecule is COc1ccnc(C(=O)O)c1[N+](=O)[O-]. The third kappa shape index (κ3) is 1.60. The minimum Gasteiger partial charge on any atom is -0.490 e. The van der Waals surface area contributed by atoms with Gasteiger partial charge in [-0.25, -0.2) is 9.78 Å². The molecule has 14 heavy (non-hydrogen) atoms. The number of ether oxygens (including phenoxy) is 1. The standard InChI is InChI=1S/C7H6N2O5/c1-14-4-2-3-8-5(7(10)11)6(4)9(12)13/h2-3H,1H3,(H,10,11). The summed E-state index contributed by atoms with van der Waals surface area (Å²) in [5, 5.41) is 19.1. The zero-order chi connectivity index (χ0) is 10.7. The number of methoxy groups -OCH3 is 1. The van der Waals surface area contributed by atoms with E-state index in [9.17, 15) is 14.9 Å². The molecular formula is C7H6N2O5. The number of nitrogens with zero attached hydrogens (tertiary/aromatic N) is 2. The number of aromatic nitrogens is 1. The molecule has 0 unspecified atom stereocenters. The van der Waals surface area contributed by atoms with E-state index in [1.807, 2.05) is 0 Å². The summed E-state index contributed by atoms with van der Waals surface area (Å²) < 4.78 is 4.65. The molecule has 0 aliphatic rings. The molecule has 1 N–H and O–H groups in total. The molecule has 0 fully saturated rings. The van der Waals surface area contributed by atoms with E-state index in [0.29, 0.717) is 0 Å². The monoisotopic (exact) mass is 198 g/mol. The molecule has 0 bridgehead atoms. The zero-order valence-electron chi connectivity index (χ0n) is 7.13. The van der Waals surface area contributed by atoms with Crippen molar-refractivity contribution in [3.63, 3.8) is 0 Å². The molecule has 7 heteroatoms. The van der Waals surface area contributed by atoms with Gasteiger partial charge in [0.15, 0.2) is 0 Å². The molecule has 0 saturated carbocycles. The average molecular weight is 198 g/mol. The van der Waals surface area contributed by atoms with Gasteiger partial charge in [0, 0.05) is 12.3 Å². The van der Waals surface area contributed by atoms with E-state index in [1.54, 1.807) is 0 Å². The largest absolute Gasteiger partial charge is 0.490 e. The lowest BCUT2D eigenvalue weighted by atomic mass is 10.3. The lowest BCUT2D eigenvalue weighted by Crippen LogP contribution is -2.06. The third-order valence-electron chi connectivity index (χ3n) is 1.49. The smallest absolute Gasteiger partial charge is 0.361 e. The lowest BCUT2D eigenvalue weighted by Gasteiger charge is -2.02. The molecule has 0 aromatic carbocycles. The number of nitro groups is 1. The molecular weight excluding hydrogens is 192 g/mol. The molecule has 0 aliphatic carbocycles. The van der Waals surface area contributed by atoms with Crippen molar-refractivity contribution in [1.29, 1.82) is 0 Å². The van der Waals surface area contributed by atoms with E-state index in [0.717, 1.165) is 6.20 Å². The first-order valence-corrected chi connectivity index (χ1v) is 3.48. The Hall–Kier alpha value is -2.18. The van der Waals surface area contributed by atoms with Gasteiger partial charge < -0.3 is 9.84 Å². The van der Waals surface area contributed by atoms with Crippen LogP contribution in [0.25, 0.3) is 0 Å². The average Bonchev–Trinajstić information content (AvgIpc) is 2.16. The van der Waals surface area contributed by atoms with E-state index < -0.39 is 22.3 Å². The first kappa shape index (κ1) is 9.90. The summed E-state index contributed by atoms with van der Waals surface area (Å²) in [6, 6.07) is 1.23. The lowest BCUT2D eigenvalue weighted by molar-refractivity contribution is -0.386. The number of rotatable bonds is 3. The Balaban J connectivity index is 3.43. The van der Waals surface area contributed by atoms with Crippen molar-refractivity contribution in [1.82, 2.24) is 4.98 Å². The first-order valence-electron chi connectivity index (χ1n) is 3.48. The van der Waals surface area contributed by atoms with E-state index in [2.05, 4.69) is 9.72 Å². The molecule has 7 nitrogen and oxygen atoms in total. The highest BCUT2D eigenvalue weighted by Crippen LogP contribution is 2.28. The van der Waals surface area contributed by atoms with Crippen LogP contribution in [0.4, 0.5) is 5.69 Å². The van der Waals surface area contributed by atoms with Crippen molar-refractivity contribution in [2.24, 2.45) is 0 Å². The van der Waals surface area contributed by atoms with Crippen LogP contribution in [0.1, 0.15) is 10.5 Å². The highest BCUT2D eigenvalue weighted by Gasteiger charge is 2.26. The van der Waals surface area contributed by atoms with Crippen LogP contribution >= 0.6 is 0 Å². The normalized spacial score (nSPS) is 9.50. The fraction of sp³-hybridized carbons (Fsp3) is 0.143. The van der Waals surface area contributed by atoms with Gasteiger partial charge >= 0.3 is 11.7 Å². The number of pyridine rings is 1. The Bertz CT molecular complexity index is 390. The predicted octanol–water partition coefficient (Wildman–Crippen LogP) is 0.697. The van der Waals surface area contributed by atoms with Crippen molar-refractivity contribution in [3.8, 4) is 5.75 Å². The Kier molecular flexibility index (Phi) is 2.61. The van der Waals surface area contributed by atoms with Gasteiger partial charge in [-0.05, 0) is 0 Å². The zero-order valence-corrected chi connectivity index (χ0v) is 7.13. The molecule has 0 aliphatic heterocycles. The molecule has 1 heterocycles. The van der Waals surface area contributed by atoms with Gasteiger partial charge in [-0.15, -0.1) is 0 Å². The van der Waals surface area contributed by atoms with Crippen molar-refractivity contribution >= 4 is 11.7 Å². The number of hydrogen-bond donors (Lipinski definition) is 1. The minimum atomic E-state index is -1.46. The fourth-order valence-electron chi connectivity index (χ4n) is 0.934. The molecule has 1 aromatic heterocycles. The molecule has 0 radical (unpaired) electrons. The van der Waals surface area contributed by atoms with Gasteiger partial charge in [-0.3, -0.25) is 10.1 Å². The second-order valence-electron chi connectivity index (χ2n) is 2.27. The number of aromatic carboxylic acids is 1. The third-order valence-corrected chi connectivity index (χ3v) is 1.49. The van der Waals surface area contributed by atoms with Crippen molar-refractivity contribution in [2.45, 2.75) is 0 Å². The highest BCUT2D eigenvalue weighted by atomic mass is 16.6. The van der Waals surface area contributed by atoms with Gasteiger partial charge in [0.05, 0.1) is 12.0 Å². The Morgan fingerprint density at radius 2 is 2.36 bits per heavy atom. The first-order chi connectivity index (χ1) is 6.57. The molecule has 1 rings (SSSR count). The summed E-state index contributed by atoms with van der Waals surface area (Å²) in [6.45, 7) is 0. The quantitative estimate of drug-likeness (QED) is 0.566. The topological polar surface area (TPSA) is 103 Å². The van der Waals surface area contributed by atoms with Gasteiger partial charge in [-0.2, -0.15) is 0 Å². The Morgan fingerprint density at radius 3 is 2.79 bits per heavy atom. The second kappa shape index (κ2) is 3.69. The van der Waals surface area contributed by atoms with Crippen molar-refractivity contribution in [2.75, 3.05) is 7.11 Å². The molecule has 1 aromatic rings. The van der Waals surface area contributed by atoms with E-state index in [-0.39, 0.29) is 5.75 Å². The summed E-state index contributed by atoms with van der Waals surface area (Å²) in [7, 11) is 1.22. The maximum atomic E-state index is 10.6. The van der Waals surface area contributed by atoms with E-state index >= 15 is 0 Å². The summed E-state index contributed by atoms with van der Waals surface area (Å²) in [5.74, 6) is -1.59. The molecule has 0 amide bonds. The Labute approximate surface area is 78.1 Å². The number of carbonyl (C=O) groups is 1. The van der Waals surface area contributed by atoms with Crippen LogP contribution in [0.2, 0.25) is 0 Å². The van der Waals surface area contributed by atoms with Crippen LogP contribution in [-0.4, -0.2) is 28.1 Å². The van der Waals surface area contributed by atoms with Crippen LogP contribution < -0.4 is 4.74 Å². The highest BCUT2D eigenvalue weighted by molar-refractivity contribution is 5.91. The molecule has 0 atom stereocenters. The van der Waals surface area contributed by atoms with Crippen LogP contribution in [0, 0.1) is 10.1 Å². The molecule has 0 spiro atoms. The molecule has 74 valence electrons. The van der Waals surface area contributed by atoms with Gasteiger partial charge in [0.2, 0.25) is 11.4 Å². The fourth-order valence-corrected chi connectivity index (χ4v) is 0.934. The summed E-state index contributed by atoms with van der Waals surface area (Å²) in [6.07, 6.45) is 1.13. The van der Waals surface area contributed by atoms with Crippen molar-refractivity contribution < 1.29 is 19.6 Å². The van der Waals surface area contributed by atoms with Crippen LogP contribution in [0.5, 0.6) is 5.75 Å². The van der Waals surface area contributed by atoms with Gasteiger partial charge in [0.25, 0.3) is 0 Å². The summed E-state index contributed by atoms with van der Waals surface area (Å²) >= 11 is 0. The van der Waals surface area contributed by atoms with Gasteiger partial charge in [0.1, 0.15) is 0 Å². The van der Waals surface area contributed by atoms with Gasteiger partial charge in [-0.1, -0.05) is 0 Å². The van der Waals surface area contributed by atoms with E-state index in [1.165, 1.54) is 13.2 Å². The predicted molar refractivity (Wildman–Crippen MR) is 44.4 cm³/mol. The maximum Gasteiger partial charge on any atom is 0.361 e. The van der Waals surface area contributed by atoms with Crippen LogP contribution in [0.15, 0.2) is 12.3 Å². The Morgan fingerprint density at radius 1 is 1.71 bits per heavy atom. The maximum absolute atomic E-state index is 10.6. The summed E-state index contributed by atoms with van der Waals surface area (Å²) in [5.41, 5.74) is -1.27. The van der Waals surface area contributed by atoms with Crippen LogP contribution in [0.3, 0.4) is 0 Å².